The lowest BCUT2D eigenvalue weighted by Crippen LogP contribution is -2.23. The van der Waals surface area contributed by atoms with Crippen molar-refractivity contribution < 1.29 is 4.79 Å². The lowest BCUT2D eigenvalue weighted by Gasteiger charge is -2.20. The second-order valence-corrected chi connectivity index (χ2v) is 9.60. The van der Waals surface area contributed by atoms with Crippen LogP contribution in [0.5, 0.6) is 0 Å². The highest BCUT2D eigenvalue weighted by molar-refractivity contribution is 7.15. The zero-order chi connectivity index (χ0) is 18.8. The van der Waals surface area contributed by atoms with Gasteiger partial charge in [0.25, 0.3) is 0 Å². The van der Waals surface area contributed by atoms with E-state index in [-0.39, 0.29) is 11.8 Å². The lowest BCUT2D eigenvalue weighted by molar-refractivity contribution is -0.118. The SMILES string of the molecule is O=C(Nc1nc2c(s1)CCCC2)C(CC1CCCC1)c1ccc(Cl)c(Cl)c1. The van der Waals surface area contributed by atoms with Gasteiger partial charge in [0.1, 0.15) is 0 Å². The fourth-order valence-electron chi connectivity index (χ4n) is 4.30. The molecule has 2 aliphatic rings. The van der Waals surface area contributed by atoms with Crippen molar-refractivity contribution in [2.75, 3.05) is 5.32 Å². The second-order valence-electron chi connectivity index (χ2n) is 7.70. The first-order valence-corrected chi connectivity index (χ1v) is 11.4. The lowest BCUT2D eigenvalue weighted by atomic mass is 9.87. The number of aromatic nitrogens is 1. The number of hydrogen-bond donors (Lipinski definition) is 1. The van der Waals surface area contributed by atoms with Gasteiger partial charge in [-0.05, 0) is 55.7 Å². The van der Waals surface area contributed by atoms with E-state index in [9.17, 15) is 4.79 Å². The third-order valence-electron chi connectivity index (χ3n) is 5.78. The number of benzene rings is 1. The van der Waals surface area contributed by atoms with E-state index in [0.29, 0.717) is 16.0 Å². The monoisotopic (exact) mass is 422 g/mol. The molecule has 27 heavy (non-hydrogen) atoms. The third-order valence-corrected chi connectivity index (χ3v) is 7.59. The van der Waals surface area contributed by atoms with Crippen LogP contribution in [0.25, 0.3) is 0 Å². The van der Waals surface area contributed by atoms with Crippen LogP contribution >= 0.6 is 34.5 Å². The van der Waals surface area contributed by atoms with E-state index in [1.165, 1.54) is 49.1 Å². The number of carbonyl (C=O) groups excluding carboxylic acids is 1. The molecule has 1 amide bonds. The first-order chi connectivity index (χ1) is 13.1. The van der Waals surface area contributed by atoms with Gasteiger partial charge in [-0.15, -0.1) is 11.3 Å². The highest BCUT2D eigenvalue weighted by atomic mass is 35.5. The van der Waals surface area contributed by atoms with Crippen LogP contribution in [-0.4, -0.2) is 10.9 Å². The quantitative estimate of drug-likeness (QED) is 0.586. The number of halogens is 2. The summed E-state index contributed by atoms with van der Waals surface area (Å²) in [6.45, 7) is 0. The molecular weight excluding hydrogens is 399 g/mol. The van der Waals surface area contributed by atoms with E-state index in [1.54, 1.807) is 17.4 Å². The van der Waals surface area contributed by atoms with E-state index < -0.39 is 0 Å². The van der Waals surface area contributed by atoms with E-state index in [4.69, 9.17) is 23.2 Å². The van der Waals surface area contributed by atoms with E-state index >= 15 is 0 Å². The minimum absolute atomic E-state index is 0.0198. The summed E-state index contributed by atoms with van der Waals surface area (Å²) in [7, 11) is 0. The van der Waals surface area contributed by atoms with E-state index in [2.05, 4.69) is 10.3 Å². The topological polar surface area (TPSA) is 42.0 Å². The van der Waals surface area contributed by atoms with Gasteiger partial charge in [-0.25, -0.2) is 4.98 Å². The van der Waals surface area contributed by atoms with Gasteiger partial charge in [-0.1, -0.05) is 55.0 Å². The molecule has 0 radical (unpaired) electrons. The van der Waals surface area contributed by atoms with Crippen LogP contribution in [0.4, 0.5) is 5.13 Å². The molecule has 1 heterocycles. The van der Waals surface area contributed by atoms with Crippen LogP contribution in [0.1, 0.15) is 67.0 Å². The molecule has 0 spiro atoms. The Morgan fingerprint density at radius 1 is 1.15 bits per heavy atom. The Morgan fingerprint density at radius 3 is 2.67 bits per heavy atom. The second kappa shape index (κ2) is 8.50. The summed E-state index contributed by atoms with van der Waals surface area (Å²) in [6, 6.07) is 5.56. The molecule has 1 aromatic carbocycles. The van der Waals surface area contributed by atoms with Gasteiger partial charge in [0.05, 0.1) is 21.7 Å². The number of carbonyl (C=O) groups is 1. The summed E-state index contributed by atoms with van der Waals surface area (Å²) in [5.41, 5.74) is 2.11. The van der Waals surface area contributed by atoms with E-state index in [1.807, 2.05) is 12.1 Å². The maximum absolute atomic E-state index is 13.2. The molecule has 1 saturated carbocycles. The van der Waals surface area contributed by atoms with Crippen LogP contribution in [0.15, 0.2) is 18.2 Å². The average molecular weight is 423 g/mol. The Morgan fingerprint density at radius 2 is 1.93 bits per heavy atom. The molecule has 0 bridgehead atoms. The molecule has 2 aliphatic carbocycles. The molecule has 2 aromatic rings. The fourth-order valence-corrected chi connectivity index (χ4v) is 5.66. The molecule has 0 saturated heterocycles. The van der Waals surface area contributed by atoms with Gasteiger partial charge in [-0.2, -0.15) is 0 Å². The summed E-state index contributed by atoms with van der Waals surface area (Å²) in [4.78, 5) is 19.2. The number of fused-ring (bicyclic) bond motifs is 1. The number of rotatable bonds is 5. The Kier molecular flexibility index (Phi) is 6.05. The minimum Gasteiger partial charge on any atom is -0.301 e. The van der Waals surface area contributed by atoms with Gasteiger partial charge in [0.2, 0.25) is 5.91 Å². The first kappa shape index (κ1) is 19.2. The van der Waals surface area contributed by atoms with Crippen molar-refractivity contribution >= 4 is 45.6 Å². The van der Waals surface area contributed by atoms with Crippen molar-refractivity contribution in [2.45, 2.75) is 63.7 Å². The molecule has 1 atom stereocenters. The van der Waals surface area contributed by atoms with Crippen molar-refractivity contribution in [3.8, 4) is 0 Å². The number of nitrogens with one attached hydrogen (secondary N) is 1. The molecule has 1 N–H and O–H groups in total. The summed E-state index contributed by atoms with van der Waals surface area (Å²) >= 11 is 14.0. The first-order valence-electron chi connectivity index (χ1n) is 9.84. The minimum atomic E-state index is -0.219. The molecule has 1 unspecified atom stereocenters. The van der Waals surface area contributed by atoms with Crippen molar-refractivity contribution in [3.63, 3.8) is 0 Å². The maximum atomic E-state index is 13.2. The average Bonchev–Trinajstić information content (AvgIpc) is 3.30. The molecule has 1 aromatic heterocycles. The van der Waals surface area contributed by atoms with Crippen molar-refractivity contribution in [1.82, 2.24) is 4.98 Å². The Bertz CT molecular complexity index is 806. The molecule has 144 valence electrons. The molecule has 0 aliphatic heterocycles. The highest BCUT2D eigenvalue weighted by Gasteiger charge is 2.28. The van der Waals surface area contributed by atoms with Crippen LogP contribution in [0.2, 0.25) is 10.0 Å². The summed E-state index contributed by atoms with van der Waals surface area (Å²) < 4.78 is 0. The summed E-state index contributed by atoms with van der Waals surface area (Å²) in [5, 5.41) is 4.86. The highest BCUT2D eigenvalue weighted by Crippen LogP contribution is 2.37. The van der Waals surface area contributed by atoms with Gasteiger partial charge in [-0.3, -0.25) is 4.79 Å². The molecule has 4 rings (SSSR count). The molecule has 6 heteroatoms. The third kappa shape index (κ3) is 4.49. The molecule has 1 fully saturated rings. The predicted molar refractivity (Wildman–Crippen MR) is 113 cm³/mol. The van der Waals surface area contributed by atoms with Gasteiger partial charge in [0, 0.05) is 4.88 Å². The number of aryl methyl sites for hydroxylation is 2. The Labute approximate surface area is 174 Å². The van der Waals surface area contributed by atoms with Crippen LogP contribution in [-0.2, 0) is 17.6 Å². The predicted octanol–water partition coefficient (Wildman–Crippen LogP) is 6.63. The van der Waals surface area contributed by atoms with Gasteiger partial charge in [0.15, 0.2) is 5.13 Å². The standard InChI is InChI=1S/C21H24Cl2N2OS/c22-16-10-9-14(12-17(16)23)15(11-13-5-1-2-6-13)20(26)25-21-24-18-7-3-4-8-19(18)27-21/h9-10,12-13,15H,1-8,11H2,(H,24,25,26). The summed E-state index contributed by atoms with van der Waals surface area (Å²) in [6.07, 6.45) is 10.3. The maximum Gasteiger partial charge on any atom is 0.233 e. The van der Waals surface area contributed by atoms with Crippen molar-refractivity contribution in [1.29, 1.82) is 0 Å². The van der Waals surface area contributed by atoms with Crippen LogP contribution < -0.4 is 5.32 Å². The number of amides is 1. The number of anilines is 1. The van der Waals surface area contributed by atoms with Crippen LogP contribution in [0, 0.1) is 5.92 Å². The summed E-state index contributed by atoms with van der Waals surface area (Å²) in [5.74, 6) is 0.398. The zero-order valence-electron chi connectivity index (χ0n) is 15.3. The number of nitrogens with zero attached hydrogens (tertiary/aromatic N) is 1. The smallest absolute Gasteiger partial charge is 0.233 e. The van der Waals surface area contributed by atoms with E-state index in [0.717, 1.165) is 30.0 Å². The van der Waals surface area contributed by atoms with Crippen molar-refractivity contribution in [2.24, 2.45) is 5.92 Å². The largest absolute Gasteiger partial charge is 0.301 e. The van der Waals surface area contributed by atoms with Crippen molar-refractivity contribution in [3.05, 3.63) is 44.4 Å². The van der Waals surface area contributed by atoms with Gasteiger partial charge >= 0.3 is 0 Å². The Hall–Kier alpha value is -1.10. The molecule has 3 nitrogen and oxygen atoms in total. The molecular formula is C21H24Cl2N2OS. The zero-order valence-corrected chi connectivity index (χ0v) is 17.6. The normalized spacial score (nSPS) is 18.3. The Balaban J connectivity index is 1.55. The van der Waals surface area contributed by atoms with Gasteiger partial charge < -0.3 is 5.32 Å². The number of thiazole rings is 1. The number of hydrogen-bond acceptors (Lipinski definition) is 3. The van der Waals surface area contributed by atoms with Crippen LogP contribution in [0.3, 0.4) is 0 Å². The fraction of sp³-hybridized carbons (Fsp3) is 0.524.